The summed E-state index contributed by atoms with van der Waals surface area (Å²) in [5.74, 6) is -4.04. The summed E-state index contributed by atoms with van der Waals surface area (Å²) >= 11 is 0. The van der Waals surface area contributed by atoms with Crippen LogP contribution in [0.4, 0.5) is 10.6 Å². The molecule has 1 saturated heterocycles. The fourth-order valence-electron chi connectivity index (χ4n) is 8.50. The molecule has 77 heavy (non-hydrogen) atoms. The quantitative estimate of drug-likeness (QED) is 0.0200. The predicted octanol–water partition coefficient (Wildman–Crippen LogP) is 8.42. The van der Waals surface area contributed by atoms with E-state index < -0.39 is 86.8 Å². The van der Waals surface area contributed by atoms with Gasteiger partial charge >= 0.3 is 31.8 Å². The molecule has 1 unspecified atom stereocenters. The molecule has 400 valence electrons. The number of imidazole rings is 1. The number of phosphoric ester groups is 1. The van der Waals surface area contributed by atoms with Crippen LogP contribution in [0.1, 0.15) is 73.3 Å². The summed E-state index contributed by atoms with van der Waals surface area (Å²) in [5, 5.41) is 14.7. The summed E-state index contributed by atoms with van der Waals surface area (Å²) in [6, 6.07) is 30.9. The van der Waals surface area contributed by atoms with E-state index in [9.17, 15) is 33.8 Å². The zero-order chi connectivity index (χ0) is 54.6. The largest absolute Gasteiger partial charge is 0.530 e. The number of hydrogen-bond donors (Lipinski definition) is 2. The molecule has 3 heterocycles. The smallest absolute Gasteiger partial charge is 0.460 e. The van der Waals surface area contributed by atoms with Crippen molar-refractivity contribution in [3.63, 3.8) is 0 Å². The van der Waals surface area contributed by atoms with Gasteiger partial charge in [-0.2, -0.15) is 5.26 Å². The number of amides is 2. The van der Waals surface area contributed by atoms with E-state index in [2.05, 4.69) is 32.2 Å². The Morgan fingerprint density at radius 2 is 1.44 bits per heavy atom. The van der Waals surface area contributed by atoms with Crippen LogP contribution in [0.25, 0.3) is 22.3 Å². The van der Waals surface area contributed by atoms with Crippen molar-refractivity contribution in [3.05, 3.63) is 151 Å². The maximum Gasteiger partial charge on any atom is 0.530 e. The first-order chi connectivity index (χ1) is 37.2. The molecule has 2 amide bonds. The van der Waals surface area contributed by atoms with Crippen molar-refractivity contribution in [2.24, 2.45) is 11.8 Å². The number of carbonyl (C=O) groups is 5. The lowest BCUT2D eigenvalue weighted by molar-refractivity contribution is -0.172. The van der Waals surface area contributed by atoms with Crippen molar-refractivity contribution in [3.8, 4) is 22.9 Å². The van der Waals surface area contributed by atoms with Crippen LogP contribution in [0.2, 0.25) is 0 Å². The molecule has 6 aromatic rings. The topological polar surface area (TPSA) is 268 Å². The van der Waals surface area contributed by atoms with Gasteiger partial charge in [0.2, 0.25) is 0 Å². The molecule has 0 radical (unpaired) electrons. The summed E-state index contributed by atoms with van der Waals surface area (Å²) in [6.07, 6.45) is -2.59. The second-order valence-electron chi connectivity index (χ2n) is 18.4. The van der Waals surface area contributed by atoms with E-state index in [1.54, 1.807) is 70.2 Å². The minimum Gasteiger partial charge on any atom is -0.460 e. The third kappa shape index (κ3) is 13.2. The molecule has 6 atom stereocenters. The third-order valence-corrected chi connectivity index (χ3v) is 13.7. The van der Waals surface area contributed by atoms with Crippen LogP contribution >= 0.6 is 7.82 Å². The molecule has 2 aliphatic rings. The number of phosphoric acid groups is 1. The van der Waals surface area contributed by atoms with E-state index in [0.29, 0.717) is 11.1 Å². The van der Waals surface area contributed by atoms with Crippen LogP contribution in [0.3, 0.4) is 0 Å². The van der Waals surface area contributed by atoms with Crippen molar-refractivity contribution in [1.29, 1.82) is 5.26 Å². The van der Waals surface area contributed by atoms with Crippen LogP contribution in [0, 0.1) is 23.2 Å². The van der Waals surface area contributed by atoms with Gasteiger partial charge < -0.3 is 38.8 Å². The van der Waals surface area contributed by atoms with E-state index in [-0.39, 0.29) is 61.3 Å². The van der Waals surface area contributed by atoms with Gasteiger partial charge in [-0.15, -0.1) is 0 Å². The summed E-state index contributed by atoms with van der Waals surface area (Å²) < 4.78 is 62.9. The zero-order valence-corrected chi connectivity index (χ0v) is 43.4. The van der Waals surface area contributed by atoms with Crippen LogP contribution in [0.15, 0.2) is 128 Å². The second-order valence-corrected chi connectivity index (χ2v) is 20.0. The third-order valence-electron chi connectivity index (χ3n) is 12.3. The van der Waals surface area contributed by atoms with Gasteiger partial charge in [0.25, 0.3) is 5.91 Å². The lowest BCUT2D eigenvalue weighted by atomic mass is 9.98. The number of nitriles is 1. The fraction of sp³-hybridized carbons (Fsp3) is 0.327. The summed E-state index contributed by atoms with van der Waals surface area (Å²) in [6.45, 7) is 8.90. The Balaban J connectivity index is 0.994. The van der Waals surface area contributed by atoms with Crippen LogP contribution in [0.5, 0.6) is 5.75 Å². The highest BCUT2D eigenvalue weighted by molar-refractivity contribution is 7.48. The zero-order valence-electron chi connectivity index (χ0n) is 42.5. The first kappa shape index (κ1) is 55.0. The molecule has 0 bridgehead atoms. The van der Waals surface area contributed by atoms with E-state index >= 15 is 0 Å². The molecule has 8 rings (SSSR count). The Bertz CT molecular complexity index is 3150. The molecule has 1 aliphatic heterocycles. The normalized spacial score (nSPS) is 17.8. The van der Waals surface area contributed by atoms with Gasteiger partial charge in [0, 0.05) is 17.9 Å². The molecule has 0 saturated carbocycles. The van der Waals surface area contributed by atoms with Crippen LogP contribution in [-0.4, -0.2) is 100 Å². The lowest BCUT2D eigenvalue weighted by Gasteiger charge is -2.26. The molecule has 4 aromatic carbocycles. The highest BCUT2D eigenvalue weighted by Crippen LogP contribution is 2.51. The van der Waals surface area contributed by atoms with Crippen molar-refractivity contribution in [2.75, 3.05) is 31.7 Å². The molecule has 2 N–H and O–H groups in total. The average molecular weight is 1070 g/mol. The Labute approximate surface area is 443 Å². The van der Waals surface area contributed by atoms with E-state index in [1.807, 2.05) is 54.6 Å². The first-order valence-electron chi connectivity index (χ1n) is 24.7. The number of aromatic nitrogens is 4. The maximum atomic E-state index is 14.6. The SMILES string of the molecule is C=CCOC(=O)[C@H](Cc1ccc(OP(=O)(OCCC#N)OC[C@H]2O[C@@H](n3cnc4c(NC(=O)c5ccccc5)ncnc43)[C@H](OC(=O)C(C)C)[C@@H]2OC(=O)C(C)C)cc1)NC(=O)OCC1c2ccccc2-c2ccccc21. The first-order valence-corrected chi connectivity index (χ1v) is 26.2. The molecule has 1 aliphatic carbocycles. The van der Waals surface area contributed by atoms with E-state index in [0.717, 1.165) is 22.3 Å². The van der Waals surface area contributed by atoms with Gasteiger partial charge in [-0.25, -0.2) is 29.1 Å². The standard InChI is InChI=1S/C55H56N7O14P/c1-6-26-69-54(66)43(60-55(67)70-29-42-40-19-12-10-17-38(40)39-18-11-13-20-41(39)42)28-35-21-23-37(24-22-35)76-77(68,71-27-14-25-56)72-30-44-46(74-52(64)33(2)3)47(75-53(65)34(4)5)51(73-44)62-32-59-45-48(57-31-58-49(45)62)61-50(63)36-15-8-7-9-16-36/h6-13,15-24,31-34,42-44,46-47,51H,1,14,26-30H2,2-5H3,(H,60,67)(H,57,58,61,63)/t43-,44+,46+,47+,51+,77?/m0/s1. The number of fused-ring (bicyclic) bond motifs is 4. The van der Waals surface area contributed by atoms with Gasteiger partial charge in [-0.3, -0.25) is 28.0 Å². The van der Waals surface area contributed by atoms with Gasteiger partial charge in [-0.05, 0) is 52.1 Å². The maximum absolute atomic E-state index is 14.6. The number of esters is 3. The molecule has 1 fully saturated rings. The number of rotatable bonds is 23. The van der Waals surface area contributed by atoms with Crippen molar-refractivity contribution in [2.45, 2.75) is 77.0 Å². The Hall–Kier alpha value is -8.28. The minimum atomic E-state index is -4.69. The number of benzene rings is 4. The van der Waals surface area contributed by atoms with Gasteiger partial charge in [0.05, 0.1) is 43.9 Å². The average Bonchev–Trinajstić information content (AvgIpc) is 4.15. The lowest BCUT2D eigenvalue weighted by Crippen LogP contribution is -2.44. The number of anilines is 1. The Kier molecular flexibility index (Phi) is 17.9. The fourth-order valence-corrected chi connectivity index (χ4v) is 9.70. The minimum absolute atomic E-state index is 0.0120. The second kappa shape index (κ2) is 25.0. The molecule has 22 heteroatoms. The van der Waals surface area contributed by atoms with E-state index in [4.69, 9.17) is 37.3 Å². The number of alkyl carbamates (subject to hydrolysis) is 1. The number of carbonyl (C=O) groups excluding carboxylic acids is 5. The molecule has 2 aromatic heterocycles. The monoisotopic (exact) mass is 1070 g/mol. The summed E-state index contributed by atoms with van der Waals surface area (Å²) in [7, 11) is -4.69. The van der Waals surface area contributed by atoms with Gasteiger partial charge in [0.1, 0.15) is 37.4 Å². The number of nitrogens with zero attached hydrogens (tertiary/aromatic N) is 5. The van der Waals surface area contributed by atoms with Crippen LogP contribution < -0.4 is 15.2 Å². The molecular weight excluding hydrogens is 1010 g/mol. The summed E-state index contributed by atoms with van der Waals surface area (Å²) in [5.41, 5.74) is 5.32. The molecule has 21 nitrogen and oxygen atoms in total. The highest BCUT2D eigenvalue weighted by atomic mass is 31.2. The van der Waals surface area contributed by atoms with Crippen LogP contribution in [-0.2, 0) is 58.1 Å². The number of ether oxygens (including phenoxy) is 5. The number of hydrogen-bond acceptors (Lipinski definition) is 18. The van der Waals surface area contributed by atoms with Gasteiger partial charge in [-0.1, -0.05) is 119 Å². The van der Waals surface area contributed by atoms with Crippen molar-refractivity contribution >= 4 is 54.7 Å². The van der Waals surface area contributed by atoms with Crippen molar-refractivity contribution in [1.82, 2.24) is 24.8 Å². The van der Waals surface area contributed by atoms with Crippen molar-refractivity contribution < 1.29 is 65.8 Å². The summed E-state index contributed by atoms with van der Waals surface area (Å²) in [4.78, 5) is 79.6. The number of nitrogens with one attached hydrogen (secondary N) is 2. The predicted molar refractivity (Wildman–Crippen MR) is 277 cm³/mol. The van der Waals surface area contributed by atoms with Gasteiger partial charge in [0.15, 0.2) is 35.4 Å². The Morgan fingerprint density at radius 3 is 2.09 bits per heavy atom. The molecule has 0 spiro atoms. The molecular formula is C55H56N7O14P. The Morgan fingerprint density at radius 1 is 0.792 bits per heavy atom. The van der Waals surface area contributed by atoms with E-state index in [1.165, 1.54) is 35.4 Å². The highest BCUT2D eigenvalue weighted by Gasteiger charge is 2.52.